The van der Waals surface area contributed by atoms with Crippen LogP contribution in [0, 0.1) is 35.4 Å². The molecule has 1 aromatic heterocycles. The van der Waals surface area contributed by atoms with Crippen molar-refractivity contribution in [2.75, 3.05) is 31.5 Å². The van der Waals surface area contributed by atoms with Crippen LogP contribution in [0.2, 0.25) is 0 Å². The summed E-state index contributed by atoms with van der Waals surface area (Å²) in [6, 6.07) is 0. The molecule has 0 aromatic carbocycles. The van der Waals surface area contributed by atoms with E-state index in [1.165, 1.54) is 6.42 Å². The van der Waals surface area contributed by atoms with Crippen LogP contribution in [-0.2, 0) is 0 Å². The third kappa shape index (κ3) is 4.09. The molecule has 1 aromatic rings. The Morgan fingerprint density at radius 3 is 2.14 bits per heavy atom. The lowest BCUT2D eigenvalue weighted by Crippen LogP contribution is -2.39. The van der Waals surface area contributed by atoms with Crippen LogP contribution in [0.1, 0.15) is 26.7 Å². The number of nitrogens with zero attached hydrogens (tertiary/aromatic N) is 2. The monoisotopic (exact) mass is 319 g/mol. The fourth-order valence-electron chi connectivity index (χ4n) is 3.13. The Kier molecular flexibility index (Phi) is 5.61. The van der Waals surface area contributed by atoms with Crippen molar-refractivity contribution >= 4 is 5.69 Å². The molecule has 0 radical (unpaired) electrons. The van der Waals surface area contributed by atoms with E-state index in [1.807, 2.05) is 0 Å². The number of aromatic nitrogens is 1. The van der Waals surface area contributed by atoms with Gasteiger partial charge in [0.15, 0.2) is 0 Å². The highest BCUT2D eigenvalue weighted by molar-refractivity contribution is 5.45. The molecule has 2 atom stereocenters. The average molecular weight is 319 g/mol. The van der Waals surface area contributed by atoms with E-state index < -0.39 is 29.2 Å². The van der Waals surface area contributed by atoms with Gasteiger partial charge in [0.2, 0.25) is 11.6 Å². The normalized spacial score (nSPS) is 22.8. The third-order valence-electron chi connectivity index (χ3n) is 3.89. The fourth-order valence-corrected chi connectivity index (χ4v) is 3.13. The minimum absolute atomic E-state index is 0.232. The number of hydrogen-bond donors (Lipinski definition) is 1. The quantitative estimate of drug-likeness (QED) is 0.512. The zero-order chi connectivity index (χ0) is 16.3. The number of piperidine rings is 1. The number of likely N-dealkylation sites (tertiary alicyclic amines) is 1. The zero-order valence-corrected chi connectivity index (χ0v) is 12.8. The summed E-state index contributed by atoms with van der Waals surface area (Å²) in [4.78, 5) is 4.83. The van der Waals surface area contributed by atoms with Gasteiger partial charge in [-0.25, -0.2) is 0 Å². The van der Waals surface area contributed by atoms with Crippen LogP contribution >= 0.6 is 0 Å². The van der Waals surface area contributed by atoms with Crippen LogP contribution < -0.4 is 5.32 Å². The second-order valence-electron chi connectivity index (χ2n) is 6.18. The highest BCUT2D eigenvalue weighted by Gasteiger charge is 2.22. The second kappa shape index (κ2) is 7.26. The van der Waals surface area contributed by atoms with Gasteiger partial charge in [-0.15, -0.1) is 0 Å². The molecule has 1 aliphatic rings. The Bertz CT molecular complexity index is 488. The van der Waals surface area contributed by atoms with Gasteiger partial charge in [-0.3, -0.25) is 0 Å². The van der Waals surface area contributed by atoms with Gasteiger partial charge >= 0.3 is 0 Å². The third-order valence-corrected chi connectivity index (χ3v) is 3.89. The van der Waals surface area contributed by atoms with E-state index in [0.29, 0.717) is 18.3 Å². The molecule has 2 rings (SSSR count). The van der Waals surface area contributed by atoms with Gasteiger partial charge in [-0.1, -0.05) is 13.8 Å². The molecular formula is C15H21F4N3. The molecule has 2 unspecified atom stereocenters. The summed E-state index contributed by atoms with van der Waals surface area (Å²) in [5.74, 6) is -4.98. The molecule has 124 valence electrons. The Balaban J connectivity index is 1.84. The van der Waals surface area contributed by atoms with E-state index in [4.69, 9.17) is 0 Å². The summed E-state index contributed by atoms with van der Waals surface area (Å²) < 4.78 is 52.7. The lowest BCUT2D eigenvalue weighted by molar-refractivity contribution is 0.141. The summed E-state index contributed by atoms with van der Waals surface area (Å²) in [6.07, 6.45) is 1.84. The second-order valence-corrected chi connectivity index (χ2v) is 6.18. The Labute approximate surface area is 127 Å². The highest BCUT2D eigenvalue weighted by atomic mass is 19.2. The molecule has 0 amide bonds. The van der Waals surface area contributed by atoms with Crippen LogP contribution in [-0.4, -0.2) is 36.1 Å². The number of hydrogen-bond acceptors (Lipinski definition) is 3. The summed E-state index contributed by atoms with van der Waals surface area (Å²) >= 11 is 0. The molecule has 1 fully saturated rings. The molecule has 0 aliphatic carbocycles. The summed E-state index contributed by atoms with van der Waals surface area (Å²) in [5, 5.41) is 2.43. The minimum atomic E-state index is -1.64. The molecule has 7 heteroatoms. The predicted octanol–water partition coefficient (Wildman–Crippen LogP) is 3.42. The predicted molar refractivity (Wildman–Crippen MR) is 76.6 cm³/mol. The summed E-state index contributed by atoms with van der Waals surface area (Å²) in [5.41, 5.74) is -0.787. The van der Waals surface area contributed by atoms with Gasteiger partial charge in [-0.2, -0.15) is 22.5 Å². The topological polar surface area (TPSA) is 28.2 Å². The largest absolute Gasteiger partial charge is 0.380 e. The van der Waals surface area contributed by atoms with Crippen LogP contribution in [0.5, 0.6) is 0 Å². The van der Waals surface area contributed by atoms with Crippen molar-refractivity contribution in [1.29, 1.82) is 0 Å². The summed E-state index contributed by atoms with van der Waals surface area (Å²) in [7, 11) is 0. The van der Waals surface area contributed by atoms with E-state index in [0.717, 1.165) is 19.6 Å². The van der Waals surface area contributed by atoms with E-state index >= 15 is 0 Å². The first kappa shape index (κ1) is 17.0. The van der Waals surface area contributed by atoms with Crippen molar-refractivity contribution < 1.29 is 17.6 Å². The van der Waals surface area contributed by atoms with Crippen LogP contribution in [0.4, 0.5) is 23.2 Å². The number of anilines is 1. The van der Waals surface area contributed by atoms with Crippen molar-refractivity contribution in [3.05, 3.63) is 23.5 Å². The molecule has 1 N–H and O–H groups in total. The number of halogens is 4. The molecule has 2 heterocycles. The Morgan fingerprint density at radius 1 is 1.05 bits per heavy atom. The van der Waals surface area contributed by atoms with Crippen molar-refractivity contribution in [2.24, 2.45) is 11.8 Å². The fraction of sp³-hybridized carbons (Fsp3) is 0.667. The van der Waals surface area contributed by atoms with E-state index in [9.17, 15) is 17.6 Å². The van der Waals surface area contributed by atoms with Crippen LogP contribution in [0.3, 0.4) is 0 Å². The van der Waals surface area contributed by atoms with Gasteiger partial charge < -0.3 is 10.2 Å². The zero-order valence-electron chi connectivity index (χ0n) is 12.8. The molecule has 1 aliphatic heterocycles. The minimum Gasteiger partial charge on any atom is -0.380 e. The van der Waals surface area contributed by atoms with Crippen molar-refractivity contribution in [1.82, 2.24) is 9.88 Å². The average Bonchev–Trinajstić information content (AvgIpc) is 2.43. The first-order valence-electron chi connectivity index (χ1n) is 7.54. The highest BCUT2D eigenvalue weighted by Crippen LogP contribution is 2.23. The molecule has 3 nitrogen and oxygen atoms in total. The van der Waals surface area contributed by atoms with Crippen molar-refractivity contribution in [3.63, 3.8) is 0 Å². The van der Waals surface area contributed by atoms with Gasteiger partial charge in [0.1, 0.15) is 5.69 Å². The smallest absolute Gasteiger partial charge is 0.253 e. The van der Waals surface area contributed by atoms with Crippen LogP contribution in [0.25, 0.3) is 0 Å². The standard InChI is InChI=1S/C15H21F4N3/c1-9-6-10(2)8-22(7-9)5-3-4-20-13-11(16)14(18)21-15(19)12(13)17/h9-10H,3-8H2,1-2H3,(H,20,21). The van der Waals surface area contributed by atoms with Gasteiger partial charge in [0, 0.05) is 19.6 Å². The van der Waals surface area contributed by atoms with Crippen LogP contribution in [0.15, 0.2) is 0 Å². The van der Waals surface area contributed by atoms with E-state index in [-0.39, 0.29) is 6.54 Å². The first-order chi connectivity index (χ1) is 10.4. The van der Waals surface area contributed by atoms with Crippen molar-refractivity contribution in [2.45, 2.75) is 26.7 Å². The van der Waals surface area contributed by atoms with E-state index in [2.05, 4.69) is 29.0 Å². The Hall–Kier alpha value is -1.37. The van der Waals surface area contributed by atoms with Gasteiger partial charge in [0.05, 0.1) is 0 Å². The number of nitrogens with one attached hydrogen (secondary N) is 1. The molecular weight excluding hydrogens is 298 g/mol. The first-order valence-corrected chi connectivity index (χ1v) is 7.54. The number of rotatable bonds is 5. The molecule has 22 heavy (non-hydrogen) atoms. The molecule has 0 spiro atoms. The maximum absolute atomic E-state index is 13.4. The van der Waals surface area contributed by atoms with Gasteiger partial charge in [0.25, 0.3) is 11.9 Å². The molecule has 0 saturated carbocycles. The van der Waals surface area contributed by atoms with E-state index in [1.54, 1.807) is 0 Å². The molecule has 1 saturated heterocycles. The summed E-state index contributed by atoms with van der Waals surface area (Å²) in [6.45, 7) is 7.43. The van der Waals surface area contributed by atoms with Gasteiger partial charge in [-0.05, 0) is 31.2 Å². The molecule has 0 bridgehead atoms. The lowest BCUT2D eigenvalue weighted by atomic mass is 9.92. The maximum Gasteiger partial charge on any atom is 0.253 e. The number of pyridine rings is 1. The Morgan fingerprint density at radius 2 is 1.59 bits per heavy atom. The maximum atomic E-state index is 13.4. The SMILES string of the molecule is CC1CC(C)CN(CCCNc2c(F)c(F)nc(F)c2F)C1. The lowest BCUT2D eigenvalue weighted by Gasteiger charge is -2.34. The van der Waals surface area contributed by atoms with Crippen molar-refractivity contribution in [3.8, 4) is 0 Å².